The molecule has 1 amide bonds. The summed E-state index contributed by atoms with van der Waals surface area (Å²) in [7, 11) is 3.92. The highest BCUT2D eigenvalue weighted by molar-refractivity contribution is 7.17. The maximum absolute atomic E-state index is 12.9. The summed E-state index contributed by atoms with van der Waals surface area (Å²) in [4.78, 5) is 49.1. The molecule has 9 heteroatoms. The smallest absolute Gasteiger partial charge is 0.226 e. The molecule has 160 valence electrons. The van der Waals surface area contributed by atoms with E-state index >= 15 is 0 Å². The molecule has 0 aliphatic heterocycles. The number of carbonyl (C=O) groups excluding carboxylic acids is 3. The van der Waals surface area contributed by atoms with E-state index in [1.54, 1.807) is 12.1 Å². The van der Waals surface area contributed by atoms with Gasteiger partial charge >= 0.3 is 0 Å². The van der Waals surface area contributed by atoms with Gasteiger partial charge in [-0.1, -0.05) is 11.3 Å². The molecule has 2 N–H and O–H groups in total. The number of nitrogens with zero attached hydrogens (tertiary/aromatic N) is 3. The van der Waals surface area contributed by atoms with Crippen molar-refractivity contribution < 1.29 is 14.4 Å². The number of hydrogen-bond acceptors (Lipinski definition) is 8. The summed E-state index contributed by atoms with van der Waals surface area (Å²) < 4.78 is 0. The number of aryl methyl sites for hydroxylation is 1. The largest absolute Gasteiger partial charge is 0.370 e. The molecular weight excluding hydrogens is 402 g/mol. The van der Waals surface area contributed by atoms with E-state index in [9.17, 15) is 14.4 Å². The molecule has 0 radical (unpaired) electrons. The molecule has 0 spiro atoms. The van der Waals surface area contributed by atoms with E-state index in [4.69, 9.17) is 0 Å². The van der Waals surface area contributed by atoms with Crippen molar-refractivity contribution in [1.82, 2.24) is 14.9 Å². The van der Waals surface area contributed by atoms with Crippen molar-refractivity contribution >= 4 is 39.8 Å². The van der Waals surface area contributed by atoms with Gasteiger partial charge in [-0.05, 0) is 59.0 Å². The van der Waals surface area contributed by atoms with Crippen LogP contribution in [-0.4, -0.2) is 59.5 Å². The van der Waals surface area contributed by atoms with Crippen molar-refractivity contribution in [3.05, 3.63) is 34.5 Å². The lowest BCUT2D eigenvalue weighted by Crippen LogP contribution is -2.29. The number of amides is 1. The molecule has 2 heterocycles. The fourth-order valence-electron chi connectivity index (χ4n) is 3.35. The van der Waals surface area contributed by atoms with Crippen LogP contribution in [0, 0.1) is 5.92 Å². The molecule has 30 heavy (non-hydrogen) atoms. The lowest BCUT2D eigenvalue weighted by Gasteiger charge is -2.18. The van der Waals surface area contributed by atoms with Gasteiger partial charge in [0.2, 0.25) is 5.91 Å². The van der Waals surface area contributed by atoms with Gasteiger partial charge in [-0.15, -0.1) is 0 Å². The van der Waals surface area contributed by atoms with Crippen LogP contribution in [0.4, 0.5) is 10.9 Å². The van der Waals surface area contributed by atoms with Crippen molar-refractivity contribution in [2.24, 2.45) is 5.92 Å². The van der Waals surface area contributed by atoms with Crippen LogP contribution in [-0.2, 0) is 11.2 Å². The maximum Gasteiger partial charge on any atom is 0.226 e. The summed E-state index contributed by atoms with van der Waals surface area (Å²) in [6, 6.07) is 3.44. The van der Waals surface area contributed by atoms with Gasteiger partial charge in [0.25, 0.3) is 0 Å². The van der Waals surface area contributed by atoms with Gasteiger partial charge in [0.05, 0.1) is 16.5 Å². The first-order valence-corrected chi connectivity index (χ1v) is 10.9. The number of pyridine rings is 1. The molecule has 0 saturated carbocycles. The van der Waals surface area contributed by atoms with E-state index in [1.165, 1.54) is 6.20 Å². The molecule has 2 aromatic heterocycles. The van der Waals surface area contributed by atoms with Crippen molar-refractivity contribution in [2.75, 3.05) is 37.8 Å². The van der Waals surface area contributed by atoms with Crippen LogP contribution in [0.2, 0.25) is 0 Å². The average Bonchev–Trinajstić information content (AvgIpc) is 3.12. The zero-order valence-corrected chi connectivity index (χ0v) is 18.3. The summed E-state index contributed by atoms with van der Waals surface area (Å²) in [6.45, 7) is 3.53. The molecule has 0 fully saturated rings. The minimum atomic E-state index is -0.728. The topological polar surface area (TPSA) is 104 Å². The molecule has 0 aromatic carbocycles. The first-order chi connectivity index (χ1) is 14.4. The SMILES string of the molecule is CCNc1ccc(C(=O)C2CCc3nc(NC(=O)CCCN(C)C)sc3C2=O)cn1. The Morgan fingerprint density at radius 1 is 1.30 bits per heavy atom. The molecular formula is C21H27N5O3S. The molecule has 8 nitrogen and oxygen atoms in total. The Hall–Kier alpha value is -2.65. The second-order valence-corrected chi connectivity index (χ2v) is 8.53. The molecule has 1 aliphatic carbocycles. The molecule has 3 rings (SSSR count). The van der Waals surface area contributed by atoms with Crippen molar-refractivity contribution in [3.8, 4) is 0 Å². The Labute approximate surface area is 180 Å². The highest BCUT2D eigenvalue weighted by atomic mass is 32.1. The quantitative estimate of drug-likeness (QED) is 0.466. The van der Waals surface area contributed by atoms with Gasteiger partial charge in [0, 0.05) is 24.7 Å². The Balaban J connectivity index is 1.65. The Bertz CT molecular complexity index is 923. The monoisotopic (exact) mass is 429 g/mol. The standard InChI is InChI=1S/C21H27N5O3S/c1-4-22-16-10-7-13(12-23-16)18(28)14-8-9-15-20(19(14)29)30-21(24-15)25-17(27)6-5-11-26(2)3/h7,10,12,14H,4-6,8-9,11H2,1-3H3,(H,22,23)(H,24,25,27). The normalized spacial score (nSPS) is 15.7. The molecule has 1 unspecified atom stereocenters. The zero-order valence-electron chi connectivity index (χ0n) is 17.5. The zero-order chi connectivity index (χ0) is 21.7. The summed E-state index contributed by atoms with van der Waals surface area (Å²) in [5, 5.41) is 6.29. The minimum absolute atomic E-state index is 0.116. The first-order valence-electron chi connectivity index (χ1n) is 10.1. The van der Waals surface area contributed by atoms with E-state index in [2.05, 4.69) is 20.6 Å². The fourth-order valence-corrected chi connectivity index (χ4v) is 4.37. The first kappa shape index (κ1) is 22.0. The molecule has 0 saturated heterocycles. The van der Waals surface area contributed by atoms with Crippen LogP contribution >= 0.6 is 11.3 Å². The highest BCUT2D eigenvalue weighted by Gasteiger charge is 2.36. The van der Waals surface area contributed by atoms with Crippen LogP contribution in [0.25, 0.3) is 0 Å². The van der Waals surface area contributed by atoms with Gasteiger partial charge in [0.15, 0.2) is 16.7 Å². The third-order valence-corrected chi connectivity index (χ3v) is 5.91. The van der Waals surface area contributed by atoms with E-state index in [0.717, 1.165) is 30.8 Å². The Morgan fingerprint density at radius 2 is 2.10 bits per heavy atom. The number of aromatic nitrogens is 2. The van der Waals surface area contributed by atoms with E-state index in [0.29, 0.717) is 46.3 Å². The number of hydrogen-bond donors (Lipinski definition) is 2. The average molecular weight is 430 g/mol. The number of thiazole rings is 1. The van der Waals surface area contributed by atoms with Crippen molar-refractivity contribution in [2.45, 2.75) is 32.6 Å². The Morgan fingerprint density at radius 3 is 2.77 bits per heavy atom. The predicted octanol–water partition coefficient (Wildman–Crippen LogP) is 2.88. The third kappa shape index (κ3) is 5.28. The number of rotatable bonds is 9. The summed E-state index contributed by atoms with van der Waals surface area (Å²) in [5.41, 5.74) is 1.09. The number of carbonyl (C=O) groups is 3. The lowest BCUT2D eigenvalue weighted by molar-refractivity contribution is -0.116. The van der Waals surface area contributed by atoms with Crippen molar-refractivity contribution in [3.63, 3.8) is 0 Å². The summed E-state index contributed by atoms with van der Waals surface area (Å²) in [5.74, 6) is -0.588. The fraction of sp³-hybridized carbons (Fsp3) is 0.476. The second kappa shape index (κ2) is 9.90. The number of Topliss-reactive ketones (excluding diaryl/α,β-unsaturated/α-hetero) is 2. The Kier molecular flexibility index (Phi) is 7.28. The molecule has 2 aromatic rings. The van der Waals surface area contributed by atoms with E-state index in [1.807, 2.05) is 25.9 Å². The van der Waals surface area contributed by atoms with Crippen LogP contribution in [0.3, 0.4) is 0 Å². The molecule has 1 aliphatic rings. The number of fused-ring (bicyclic) bond motifs is 1. The van der Waals surface area contributed by atoms with Crippen molar-refractivity contribution in [1.29, 1.82) is 0 Å². The van der Waals surface area contributed by atoms with Crippen LogP contribution in [0.5, 0.6) is 0 Å². The maximum atomic E-state index is 12.9. The summed E-state index contributed by atoms with van der Waals surface area (Å²) >= 11 is 1.16. The summed E-state index contributed by atoms with van der Waals surface area (Å²) in [6.07, 6.45) is 3.61. The van der Waals surface area contributed by atoms with Crippen LogP contribution in [0.15, 0.2) is 18.3 Å². The molecule has 1 atom stereocenters. The lowest BCUT2D eigenvalue weighted by atomic mass is 9.84. The number of ketones is 2. The second-order valence-electron chi connectivity index (χ2n) is 7.53. The predicted molar refractivity (Wildman–Crippen MR) is 117 cm³/mol. The van der Waals surface area contributed by atoms with Gasteiger partial charge in [-0.3, -0.25) is 14.4 Å². The van der Waals surface area contributed by atoms with Crippen LogP contribution < -0.4 is 10.6 Å². The number of nitrogens with one attached hydrogen (secondary N) is 2. The van der Waals surface area contributed by atoms with Gasteiger partial charge in [0.1, 0.15) is 5.82 Å². The van der Waals surface area contributed by atoms with Crippen LogP contribution in [0.1, 0.15) is 51.9 Å². The van der Waals surface area contributed by atoms with E-state index < -0.39 is 5.92 Å². The number of anilines is 2. The van der Waals surface area contributed by atoms with Gasteiger partial charge in [-0.2, -0.15) is 0 Å². The minimum Gasteiger partial charge on any atom is -0.370 e. The molecule has 0 bridgehead atoms. The van der Waals surface area contributed by atoms with E-state index in [-0.39, 0.29) is 17.5 Å². The van der Waals surface area contributed by atoms with Gasteiger partial charge in [-0.25, -0.2) is 9.97 Å². The van der Waals surface area contributed by atoms with Gasteiger partial charge < -0.3 is 15.5 Å². The third-order valence-electron chi connectivity index (χ3n) is 4.89. The highest BCUT2D eigenvalue weighted by Crippen LogP contribution is 2.34.